The van der Waals surface area contributed by atoms with E-state index in [1.807, 2.05) is 30.0 Å². The number of benzene rings is 1. The minimum atomic E-state index is -0.372. The number of aryl methyl sites for hydroxylation is 1. The number of nitriles is 1. The number of hydrogen-bond acceptors (Lipinski definition) is 3. The zero-order valence-electron chi connectivity index (χ0n) is 11.1. The lowest BCUT2D eigenvalue weighted by Gasteiger charge is -2.40. The Hall–Kier alpha value is -1.54. The molecule has 1 atom stereocenters. The molecule has 1 fully saturated rings. The van der Waals surface area contributed by atoms with Gasteiger partial charge in [0.2, 0.25) is 5.91 Å². The van der Waals surface area contributed by atoms with Gasteiger partial charge >= 0.3 is 0 Å². The SMILES string of the molecule is Cc1cc(Br)ccc1N1CCN(C)C(=O)C1CC#N. The average Bonchev–Trinajstić information content (AvgIpc) is 2.36. The molecule has 0 saturated carbocycles. The van der Waals surface area contributed by atoms with Crippen LogP contribution < -0.4 is 4.90 Å². The molecule has 4 nitrogen and oxygen atoms in total. The normalized spacial score (nSPS) is 19.5. The Morgan fingerprint density at radius 3 is 2.84 bits per heavy atom. The molecule has 1 heterocycles. The van der Waals surface area contributed by atoms with Crippen LogP contribution in [0.2, 0.25) is 0 Å². The smallest absolute Gasteiger partial charge is 0.246 e. The third kappa shape index (κ3) is 2.74. The average molecular weight is 322 g/mol. The van der Waals surface area contributed by atoms with Crippen LogP contribution in [0.1, 0.15) is 12.0 Å². The summed E-state index contributed by atoms with van der Waals surface area (Å²) in [5.41, 5.74) is 2.14. The molecule has 2 rings (SSSR count). The first-order chi connectivity index (χ1) is 9.04. The molecule has 0 spiro atoms. The van der Waals surface area contributed by atoms with Crippen LogP contribution in [0.4, 0.5) is 5.69 Å². The molecular formula is C14H16BrN3O. The second-order valence-corrected chi connectivity index (χ2v) is 5.68. The van der Waals surface area contributed by atoms with Crippen LogP contribution in [0, 0.1) is 18.3 Å². The summed E-state index contributed by atoms with van der Waals surface area (Å²) in [5.74, 6) is 0.0233. The predicted octanol–water partition coefficient (Wildman–Crippen LogP) is 2.32. The Labute approximate surface area is 121 Å². The van der Waals surface area contributed by atoms with Crippen molar-refractivity contribution in [2.45, 2.75) is 19.4 Å². The molecular weight excluding hydrogens is 306 g/mol. The molecule has 0 aliphatic carbocycles. The van der Waals surface area contributed by atoms with E-state index in [2.05, 4.69) is 22.0 Å². The Bertz CT molecular complexity index is 538. The van der Waals surface area contributed by atoms with Gasteiger partial charge in [-0.25, -0.2) is 0 Å². The number of rotatable bonds is 2. The van der Waals surface area contributed by atoms with Crippen LogP contribution in [-0.2, 0) is 4.79 Å². The summed E-state index contributed by atoms with van der Waals surface area (Å²) >= 11 is 3.44. The Morgan fingerprint density at radius 1 is 1.47 bits per heavy atom. The fourth-order valence-electron chi connectivity index (χ4n) is 2.42. The van der Waals surface area contributed by atoms with Gasteiger partial charge in [0.25, 0.3) is 0 Å². The van der Waals surface area contributed by atoms with E-state index < -0.39 is 0 Å². The molecule has 5 heteroatoms. The van der Waals surface area contributed by atoms with Crippen LogP contribution in [0.25, 0.3) is 0 Å². The van der Waals surface area contributed by atoms with Crippen LogP contribution in [-0.4, -0.2) is 37.0 Å². The summed E-state index contributed by atoms with van der Waals surface area (Å²) in [6, 6.07) is 7.75. The number of nitrogens with zero attached hydrogens (tertiary/aromatic N) is 3. The number of carbonyl (C=O) groups excluding carboxylic acids is 1. The van der Waals surface area contributed by atoms with Crippen LogP contribution in [0.3, 0.4) is 0 Å². The highest BCUT2D eigenvalue weighted by Crippen LogP contribution is 2.28. The van der Waals surface area contributed by atoms with Gasteiger partial charge in [-0.05, 0) is 30.7 Å². The molecule has 1 saturated heterocycles. The van der Waals surface area contributed by atoms with E-state index in [4.69, 9.17) is 5.26 Å². The maximum atomic E-state index is 12.2. The van der Waals surface area contributed by atoms with Crippen molar-refractivity contribution in [2.75, 3.05) is 25.0 Å². The van der Waals surface area contributed by atoms with Gasteiger partial charge in [0.15, 0.2) is 0 Å². The van der Waals surface area contributed by atoms with Crippen molar-refractivity contribution < 1.29 is 4.79 Å². The molecule has 19 heavy (non-hydrogen) atoms. The van der Waals surface area contributed by atoms with Crippen molar-refractivity contribution in [1.82, 2.24) is 4.90 Å². The summed E-state index contributed by atoms with van der Waals surface area (Å²) in [4.78, 5) is 16.0. The second kappa shape index (κ2) is 5.62. The number of anilines is 1. The van der Waals surface area contributed by atoms with Gasteiger partial charge < -0.3 is 9.80 Å². The van der Waals surface area contributed by atoms with E-state index in [1.165, 1.54) is 0 Å². The third-order valence-corrected chi connectivity index (χ3v) is 3.96. The van der Waals surface area contributed by atoms with Crippen molar-refractivity contribution in [3.8, 4) is 6.07 Å². The number of likely N-dealkylation sites (N-methyl/N-ethyl adjacent to an activating group) is 1. The number of amides is 1. The van der Waals surface area contributed by atoms with E-state index in [1.54, 1.807) is 11.9 Å². The molecule has 0 aromatic heterocycles. The lowest BCUT2D eigenvalue weighted by molar-refractivity contribution is -0.132. The van der Waals surface area contributed by atoms with Crippen LogP contribution in [0.5, 0.6) is 0 Å². The largest absolute Gasteiger partial charge is 0.357 e. The number of halogens is 1. The second-order valence-electron chi connectivity index (χ2n) is 4.76. The van der Waals surface area contributed by atoms with Gasteiger partial charge in [-0.15, -0.1) is 0 Å². The summed E-state index contributed by atoms with van der Waals surface area (Å²) in [5, 5.41) is 8.95. The van der Waals surface area contributed by atoms with Gasteiger partial charge in [-0.2, -0.15) is 5.26 Å². The summed E-state index contributed by atoms with van der Waals surface area (Å²) < 4.78 is 1.02. The molecule has 1 unspecified atom stereocenters. The van der Waals surface area contributed by atoms with Gasteiger partial charge in [0.05, 0.1) is 12.5 Å². The maximum Gasteiger partial charge on any atom is 0.246 e. The Morgan fingerprint density at radius 2 is 2.21 bits per heavy atom. The number of carbonyl (C=O) groups is 1. The van der Waals surface area contributed by atoms with Gasteiger partial charge in [-0.3, -0.25) is 4.79 Å². The molecule has 0 bridgehead atoms. The molecule has 1 aromatic carbocycles. The van der Waals surface area contributed by atoms with Crippen molar-refractivity contribution in [3.63, 3.8) is 0 Å². The molecule has 1 amide bonds. The summed E-state index contributed by atoms with van der Waals surface area (Å²) in [6.07, 6.45) is 0.221. The van der Waals surface area contributed by atoms with E-state index in [0.29, 0.717) is 6.54 Å². The number of piperazine rings is 1. The maximum absolute atomic E-state index is 12.2. The lowest BCUT2D eigenvalue weighted by Crippen LogP contribution is -2.56. The van der Waals surface area contributed by atoms with Crippen LogP contribution >= 0.6 is 15.9 Å². The quantitative estimate of drug-likeness (QED) is 0.839. The fraction of sp³-hybridized carbons (Fsp3) is 0.429. The zero-order chi connectivity index (χ0) is 14.0. The first-order valence-corrected chi connectivity index (χ1v) is 6.98. The minimum absolute atomic E-state index is 0.0233. The molecule has 1 aliphatic heterocycles. The number of hydrogen-bond donors (Lipinski definition) is 0. The molecule has 0 N–H and O–H groups in total. The monoisotopic (exact) mass is 321 g/mol. The highest BCUT2D eigenvalue weighted by Gasteiger charge is 2.33. The summed E-state index contributed by atoms with van der Waals surface area (Å²) in [6.45, 7) is 3.47. The lowest BCUT2D eigenvalue weighted by atomic mass is 10.1. The van der Waals surface area contributed by atoms with E-state index in [9.17, 15) is 4.79 Å². The molecule has 0 radical (unpaired) electrons. The van der Waals surface area contributed by atoms with Gasteiger partial charge in [0.1, 0.15) is 6.04 Å². The van der Waals surface area contributed by atoms with E-state index in [0.717, 1.165) is 22.3 Å². The minimum Gasteiger partial charge on any atom is -0.357 e. The Balaban J connectivity index is 2.36. The molecule has 1 aromatic rings. The van der Waals surface area contributed by atoms with E-state index in [-0.39, 0.29) is 18.4 Å². The third-order valence-electron chi connectivity index (χ3n) is 3.47. The topological polar surface area (TPSA) is 47.3 Å². The van der Waals surface area contributed by atoms with Gasteiger partial charge in [0, 0.05) is 30.3 Å². The van der Waals surface area contributed by atoms with Gasteiger partial charge in [-0.1, -0.05) is 15.9 Å². The fourth-order valence-corrected chi connectivity index (χ4v) is 2.90. The predicted molar refractivity (Wildman–Crippen MR) is 77.9 cm³/mol. The highest BCUT2D eigenvalue weighted by molar-refractivity contribution is 9.10. The van der Waals surface area contributed by atoms with Crippen LogP contribution in [0.15, 0.2) is 22.7 Å². The molecule has 100 valence electrons. The van der Waals surface area contributed by atoms with E-state index >= 15 is 0 Å². The van der Waals surface area contributed by atoms with Crippen molar-refractivity contribution >= 4 is 27.5 Å². The first-order valence-electron chi connectivity index (χ1n) is 6.19. The highest BCUT2D eigenvalue weighted by atomic mass is 79.9. The van der Waals surface area contributed by atoms with Crippen molar-refractivity contribution in [2.24, 2.45) is 0 Å². The standard InChI is InChI=1S/C14H16BrN3O/c1-10-9-11(15)3-4-12(10)18-8-7-17(2)14(19)13(18)5-6-16/h3-4,9,13H,5,7-8H2,1-2H3. The Kier molecular flexibility index (Phi) is 4.11. The van der Waals surface area contributed by atoms with Crippen molar-refractivity contribution in [3.05, 3.63) is 28.2 Å². The molecule has 1 aliphatic rings. The van der Waals surface area contributed by atoms with Crippen molar-refractivity contribution in [1.29, 1.82) is 5.26 Å². The summed E-state index contributed by atoms with van der Waals surface area (Å²) in [7, 11) is 1.79. The zero-order valence-corrected chi connectivity index (χ0v) is 12.6. The first kappa shape index (κ1) is 13.9.